The Bertz CT molecular complexity index is 855. The summed E-state index contributed by atoms with van der Waals surface area (Å²) in [6.07, 6.45) is 67.6. The van der Waals surface area contributed by atoms with Gasteiger partial charge in [0.25, 0.3) is 0 Å². The zero-order valence-electron chi connectivity index (χ0n) is 40.3. The molecule has 0 aromatic rings. The molecule has 2 unspecified atom stereocenters. The first-order valence-electron chi connectivity index (χ1n) is 27.1. The molecule has 0 heterocycles. The summed E-state index contributed by atoms with van der Waals surface area (Å²) in [7, 11) is 0. The fraction of sp³-hybridized carbons (Fsp3) is 0.909. The predicted molar refractivity (Wildman–Crippen MR) is 262 cm³/mol. The molecule has 0 aromatic heterocycles. The Balaban J connectivity index is 3.45. The number of carbonyl (C=O) groups excluding carboxylic acids is 1. The van der Waals surface area contributed by atoms with Crippen molar-refractivity contribution in [3.05, 3.63) is 24.3 Å². The van der Waals surface area contributed by atoms with Crippen LogP contribution in [-0.2, 0) is 4.79 Å². The molecule has 0 rings (SSSR count). The van der Waals surface area contributed by atoms with E-state index in [1.54, 1.807) is 6.08 Å². The number of aliphatic hydroxyl groups excluding tert-OH is 2. The van der Waals surface area contributed by atoms with Gasteiger partial charge in [0.15, 0.2) is 0 Å². The number of nitrogens with one attached hydrogen (secondary N) is 1. The minimum Gasteiger partial charge on any atom is -0.394 e. The Hall–Kier alpha value is -1.13. The predicted octanol–water partition coefficient (Wildman–Crippen LogP) is 17.5. The standard InChI is InChI=1S/C55H107NO3/c1-3-5-7-9-11-13-15-17-19-21-22-23-24-25-26-27-28-29-30-31-32-33-35-37-39-41-43-45-47-49-51-55(59)56-53(52-57)54(58)50-48-46-44-42-40-38-36-34-20-18-16-14-12-10-8-6-4-2/h25-26,48,50,53-54,57-58H,3-24,27-47,49,51-52H2,1-2H3,(H,56,59)/b26-25-,50-48+. The number of unbranched alkanes of at least 4 members (excludes halogenated alkanes) is 41. The van der Waals surface area contributed by atoms with Gasteiger partial charge in [-0.05, 0) is 44.9 Å². The number of hydrogen-bond acceptors (Lipinski definition) is 3. The van der Waals surface area contributed by atoms with Crippen LogP contribution < -0.4 is 5.32 Å². The molecule has 1 amide bonds. The van der Waals surface area contributed by atoms with Crippen LogP contribution in [0.3, 0.4) is 0 Å². The quantitative estimate of drug-likeness (QED) is 0.0422. The largest absolute Gasteiger partial charge is 0.394 e. The topological polar surface area (TPSA) is 69.6 Å². The highest BCUT2D eigenvalue weighted by Crippen LogP contribution is 2.17. The second-order valence-electron chi connectivity index (χ2n) is 18.7. The van der Waals surface area contributed by atoms with Gasteiger partial charge >= 0.3 is 0 Å². The molecule has 0 aliphatic heterocycles. The molecule has 0 bridgehead atoms. The van der Waals surface area contributed by atoms with E-state index in [-0.39, 0.29) is 12.5 Å². The van der Waals surface area contributed by atoms with Crippen LogP contribution in [-0.4, -0.2) is 34.9 Å². The number of rotatable bonds is 50. The minimum atomic E-state index is -0.837. The highest BCUT2D eigenvalue weighted by atomic mass is 16.3. The molecule has 0 aliphatic carbocycles. The van der Waals surface area contributed by atoms with Crippen molar-refractivity contribution in [3.63, 3.8) is 0 Å². The summed E-state index contributed by atoms with van der Waals surface area (Å²) in [6, 6.07) is -0.620. The molecule has 0 spiro atoms. The summed E-state index contributed by atoms with van der Waals surface area (Å²) in [5.41, 5.74) is 0. The maximum absolute atomic E-state index is 12.4. The molecule has 0 aliphatic rings. The summed E-state index contributed by atoms with van der Waals surface area (Å²) >= 11 is 0. The van der Waals surface area contributed by atoms with E-state index in [9.17, 15) is 15.0 Å². The number of carbonyl (C=O) groups is 1. The van der Waals surface area contributed by atoms with Gasteiger partial charge in [-0.15, -0.1) is 0 Å². The van der Waals surface area contributed by atoms with Crippen LogP contribution in [0.2, 0.25) is 0 Å². The van der Waals surface area contributed by atoms with Crippen LogP contribution in [0.4, 0.5) is 0 Å². The summed E-state index contributed by atoms with van der Waals surface area (Å²) < 4.78 is 0. The van der Waals surface area contributed by atoms with Gasteiger partial charge in [0.2, 0.25) is 5.91 Å². The molecule has 350 valence electrons. The number of amides is 1. The van der Waals surface area contributed by atoms with Crippen LogP contribution in [0.5, 0.6) is 0 Å². The fourth-order valence-corrected chi connectivity index (χ4v) is 8.53. The lowest BCUT2D eigenvalue weighted by Crippen LogP contribution is -2.45. The summed E-state index contributed by atoms with van der Waals surface area (Å²) in [6.45, 7) is 4.34. The molecule has 0 saturated heterocycles. The normalized spacial score (nSPS) is 12.9. The van der Waals surface area contributed by atoms with Crippen LogP contribution in [0.25, 0.3) is 0 Å². The highest BCUT2D eigenvalue weighted by Gasteiger charge is 2.18. The molecule has 0 aromatic carbocycles. The van der Waals surface area contributed by atoms with Gasteiger partial charge in [0.1, 0.15) is 0 Å². The van der Waals surface area contributed by atoms with Crippen molar-refractivity contribution in [2.45, 2.75) is 315 Å². The zero-order chi connectivity index (χ0) is 42.8. The smallest absolute Gasteiger partial charge is 0.220 e. The van der Waals surface area contributed by atoms with Crippen molar-refractivity contribution < 1.29 is 15.0 Å². The van der Waals surface area contributed by atoms with Gasteiger partial charge in [-0.3, -0.25) is 4.79 Å². The summed E-state index contributed by atoms with van der Waals surface area (Å²) in [5, 5.41) is 23.1. The SMILES string of the molecule is CCCCCCCCCCCCCC/C=C\CCCCCCCCCCCCCCCCC(=O)NC(CO)C(O)/C=C/CCCCCCCCCCCCCCCCC. The molecular weight excluding hydrogens is 723 g/mol. The van der Waals surface area contributed by atoms with Gasteiger partial charge in [0.05, 0.1) is 18.8 Å². The minimum absolute atomic E-state index is 0.0593. The monoisotopic (exact) mass is 830 g/mol. The maximum atomic E-state index is 12.4. The number of hydrogen-bond donors (Lipinski definition) is 3. The van der Waals surface area contributed by atoms with E-state index < -0.39 is 12.1 Å². The first-order chi connectivity index (χ1) is 29.2. The van der Waals surface area contributed by atoms with Gasteiger partial charge in [-0.1, -0.05) is 276 Å². The lowest BCUT2D eigenvalue weighted by molar-refractivity contribution is -0.123. The number of allylic oxidation sites excluding steroid dienone is 3. The van der Waals surface area contributed by atoms with Crippen LogP contribution in [0.1, 0.15) is 303 Å². The molecule has 4 heteroatoms. The Morgan fingerprint density at radius 3 is 0.932 bits per heavy atom. The van der Waals surface area contributed by atoms with Crippen molar-refractivity contribution in [3.8, 4) is 0 Å². The van der Waals surface area contributed by atoms with Gasteiger partial charge in [-0.2, -0.15) is 0 Å². The van der Waals surface area contributed by atoms with E-state index in [4.69, 9.17) is 0 Å². The molecule has 59 heavy (non-hydrogen) atoms. The van der Waals surface area contributed by atoms with Crippen molar-refractivity contribution >= 4 is 5.91 Å². The first kappa shape index (κ1) is 57.9. The Morgan fingerprint density at radius 1 is 0.390 bits per heavy atom. The fourth-order valence-electron chi connectivity index (χ4n) is 8.53. The van der Waals surface area contributed by atoms with E-state index in [0.717, 1.165) is 25.7 Å². The van der Waals surface area contributed by atoms with Gasteiger partial charge in [-0.25, -0.2) is 0 Å². The lowest BCUT2D eigenvalue weighted by atomic mass is 10.0. The third-order valence-electron chi connectivity index (χ3n) is 12.7. The van der Waals surface area contributed by atoms with Gasteiger partial charge < -0.3 is 15.5 Å². The maximum Gasteiger partial charge on any atom is 0.220 e. The molecular formula is C55H107NO3. The van der Waals surface area contributed by atoms with Crippen LogP contribution in [0, 0.1) is 0 Å². The van der Waals surface area contributed by atoms with E-state index in [1.165, 1.54) is 257 Å². The average molecular weight is 830 g/mol. The summed E-state index contributed by atoms with van der Waals surface area (Å²) in [4.78, 5) is 12.4. The van der Waals surface area contributed by atoms with Gasteiger partial charge in [0, 0.05) is 6.42 Å². The second kappa shape index (κ2) is 51.2. The number of aliphatic hydroxyl groups is 2. The Labute approximate surface area is 370 Å². The zero-order valence-corrected chi connectivity index (χ0v) is 40.3. The summed E-state index contributed by atoms with van der Waals surface area (Å²) in [5.74, 6) is -0.0593. The van der Waals surface area contributed by atoms with E-state index >= 15 is 0 Å². The molecule has 3 N–H and O–H groups in total. The third kappa shape index (κ3) is 47.8. The molecule has 0 radical (unpaired) electrons. The van der Waals surface area contributed by atoms with Crippen molar-refractivity contribution in [2.75, 3.05) is 6.61 Å². The molecule has 2 atom stereocenters. The highest BCUT2D eigenvalue weighted by molar-refractivity contribution is 5.76. The molecule has 0 fully saturated rings. The average Bonchev–Trinajstić information content (AvgIpc) is 3.24. The Kier molecular flexibility index (Phi) is 50.2. The van der Waals surface area contributed by atoms with Crippen LogP contribution >= 0.6 is 0 Å². The lowest BCUT2D eigenvalue weighted by Gasteiger charge is -2.20. The first-order valence-corrected chi connectivity index (χ1v) is 27.1. The van der Waals surface area contributed by atoms with Crippen molar-refractivity contribution in [2.24, 2.45) is 0 Å². The molecule has 4 nitrogen and oxygen atoms in total. The van der Waals surface area contributed by atoms with E-state index in [1.807, 2.05) is 6.08 Å². The van der Waals surface area contributed by atoms with Crippen LogP contribution in [0.15, 0.2) is 24.3 Å². The molecule has 0 saturated carbocycles. The van der Waals surface area contributed by atoms with E-state index in [0.29, 0.717) is 6.42 Å². The Morgan fingerprint density at radius 2 is 0.644 bits per heavy atom. The van der Waals surface area contributed by atoms with E-state index in [2.05, 4.69) is 31.3 Å². The third-order valence-corrected chi connectivity index (χ3v) is 12.7. The van der Waals surface area contributed by atoms with Crippen molar-refractivity contribution in [1.29, 1.82) is 0 Å². The van der Waals surface area contributed by atoms with Crippen molar-refractivity contribution in [1.82, 2.24) is 5.32 Å². The second-order valence-corrected chi connectivity index (χ2v) is 18.7.